The number of hydrogen-bond donors (Lipinski definition) is 0. The maximum atomic E-state index is 11.7. The molecule has 1 aromatic carbocycles. The zero-order valence-corrected chi connectivity index (χ0v) is 10.6. The predicted octanol–water partition coefficient (Wildman–Crippen LogP) is 2.77. The van der Waals surface area contributed by atoms with Crippen LogP contribution in [0.25, 0.3) is 0 Å². The molecular weight excluding hydrogens is 223 g/mol. The molecule has 0 bridgehead atoms. The van der Waals surface area contributed by atoms with E-state index in [1.807, 2.05) is 13.0 Å². The van der Waals surface area contributed by atoms with E-state index in [1.54, 1.807) is 31.2 Å². The summed E-state index contributed by atoms with van der Waals surface area (Å²) < 4.78 is 16.7. The van der Waals surface area contributed by atoms with Crippen LogP contribution in [0.1, 0.15) is 26.7 Å². The van der Waals surface area contributed by atoms with Crippen molar-refractivity contribution in [1.29, 1.82) is 0 Å². The number of carbonyl (C=O) groups is 1. The van der Waals surface area contributed by atoms with Crippen LogP contribution in [-0.4, -0.2) is 5.97 Å². The molecule has 1 rings (SSSR count). The fourth-order valence-corrected chi connectivity index (χ4v) is 2.34. The Bertz CT molecular complexity index is 362. The molecule has 0 radical (unpaired) electrons. The van der Waals surface area contributed by atoms with Gasteiger partial charge in [-0.3, -0.25) is 9.36 Å². The number of hydrogen-bond acceptors (Lipinski definition) is 3. The molecule has 1 aromatic rings. The Morgan fingerprint density at radius 2 is 2.00 bits per heavy atom. The highest BCUT2D eigenvalue weighted by Gasteiger charge is 2.16. The van der Waals surface area contributed by atoms with E-state index in [0.717, 1.165) is 12.8 Å². The summed E-state index contributed by atoms with van der Waals surface area (Å²) in [6, 6.07) is 8.81. The molecule has 2 unspecified atom stereocenters. The first kappa shape index (κ1) is 13.0. The Kier molecular flexibility index (Phi) is 5.27. The van der Waals surface area contributed by atoms with Gasteiger partial charge >= 0.3 is 5.97 Å². The minimum atomic E-state index is -2.43. The van der Waals surface area contributed by atoms with Gasteiger partial charge in [0.15, 0.2) is 0 Å². The topological polar surface area (TPSA) is 43.4 Å². The lowest BCUT2D eigenvalue weighted by atomic mass is 10.1. The van der Waals surface area contributed by atoms with Crippen LogP contribution in [0.5, 0.6) is 0 Å². The Labute approximate surface area is 96.7 Å². The van der Waals surface area contributed by atoms with Gasteiger partial charge in [0.2, 0.25) is 0 Å². The average Bonchev–Trinajstić information content (AvgIpc) is 2.30. The third-order valence-corrected chi connectivity index (χ3v) is 3.52. The van der Waals surface area contributed by atoms with Crippen LogP contribution in [-0.2, 0) is 13.9 Å². The molecular formula is C12H17O3P. The Hall–Kier alpha value is -1.08. The molecule has 0 saturated heterocycles. The standard InChI is InChI=1S/C12H17O3P/c1-3-7-10(2)12(13)15-16(14)11-8-5-4-6-9-11/h4-6,8-10,16H,3,7H2,1-2H3. The van der Waals surface area contributed by atoms with Crippen molar-refractivity contribution >= 4 is 19.3 Å². The lowest BCUT2D eigenvalue weighted by Gasteiger charge is -2.09. The van der Waals surface area contributed by atoms with Gasteiger partial charge in [-0.15, -0.1) is 0 Å². The van der Waals surface area contributed by atoms with Crippen molar-refractivity contribution in [1.82, 2.24) is 0 Å². The fourth-order valence-electron chi connectivity index (χ4n) is 1.38. The quantitative estimate of drug-likeness (QED) is 0.743. The average molecular weight is 240 g/mol. The van der Waals surface area contributed by atoms with E-state index in [-0.39, 0.29) is 11.9 Å². The van der Waals surface area contributed by atoms with Crippen molar-refractivity contribution in [3.05, 3.63) is 30.3 Å². The molecule has 0 fully saturated rings. The van der Waals surface area contributed by atoms with Crippen LogP contribution < -0.4 is 5.30 Å². The summed E-state index contributed by atoms with van der Waals surface area (Å²) in [7, 11) is -2.43. The lowest BCUT2D eigenvalue weighted by Crippen LogP contribution is -2.13. The lowest BCUT2D eigenvalue weighted by molar-refractivity contribution is -0.137. The van der Waals surface area contributed by atoms with E-state index in [4.69, 9.17) is 4.52 Å². The van der Waals surface area contributed by atoms with Gasteiger partial charge in [0.1, 0.15) is 0 Å². The molecule has 0 heterocycles. The number of rotatable bonds is 5. The molecule has 0 aliphatic heterocycles. The van der Waals surface area contributed by atoms with Gasteiger partial charge in [0, 0.05) is 5.30 Å². The molecule has 0 aliphatic rings. The fraction of sp³-hybridized carbons (Fsp3) is 0.417. The van der Waals surface area contributed by atoms with E-state index in [0.29, 0.717) is 5.30 Å². The minimum absolute atomic E-state index is 0.178. The summed E-state index contributed by atoms with van der Waals surface area (Å²) in [5, 5.41) is 0.588. The third kappa shape index (κ3) is 3.82. The molecule has 0 saturated carbocycles. The van der Waals surface area contributed by atoms with Crippen LogP contribution in [0.4, 0.5) is 0 Å². The molecule has 0 aromatic heterocycles. The van der Waals surface area contributed by atoms with Crippen LogP contribution in [0.2, 0.25) is 0 Å². The first-order valence-electron chi connectivity index (χ1n) is 5.46. The largest absolute Gasteiger partial charge is 0.410 e. The summed E-state index contributed by atoms with van der Waals surface area (Å²) in [4.78, 5) is 11.5. The van der Waals surface area contributed by atoms with Crippen LogP contribution in [0.15, 0.2) is 30.3 Å². The zero-order chi connectivity index (χ0) is 12.0. The molecule has 0 aliphatic carbocycles. The molecule has 4 heteroatoms. The summed E-state index contributed by atoms with van der Waals surface area (Å²) in [6.45, 7) is 3.80. The molecule has 88 valence electrons. The second-order valence-electron chi connectivity index (χ2n) is 3.76. The highest BCUT2D eigenvalue weighted by atomic mass is 31.1. The maximum Gasteiger partial charge on any atom is 0.313 e. The van der Waals surface area contributed by atoms with Crippen LogP contribution in [0.3, 0.4) is 0 Å². The third-order valence-electron chi connectivity index (χ3n) is 2.33. The van der Waals surface area contributed by atoms with Gasteiger partial charge in [-0.1, -0.05) is 38.5 Å². The van der Waals surface area contributed by atoms with E-state index < -0.39 is 8.03 Å². The summed E-state index contributed by atoms with van der Waals surface area (Å²) >= 11 is 0. The Morgan fingerprint density at radius 3 is 2.56 bits per heavy atom. The van der Waals surface area contributed by atoms with E-state index in [1.165, 1.54) is 0 Å². The highest BCUT2D eigenvalue weighted by Crippen LogP contribution is 2.24. The van der Waals surface area contributed by atoms with Crippen molar-refractivity contribution < 1.29 is 13.9 Å². The van der Waals surface area contributed by atoms with Crippen LogP contribution >= 0.6 is 8.03 Å². The molecule has 0 spiro atoms. The summed E-state index contributed by atoms with van der Waals surface area (Å²) in [6.07, 6.45) is 1.69. The maximum absolute atomic E-state index is 11.7. The van der Waals surface area contributed by atoms with Crippen LogP contribution in [0, 0.1) is 5.92 Å². The van der Waals surface area contributed by atoms with Crippen molar-refractivity contribution in [3.63, 3.8) is 0 Å². The first-order valence-corrected chi connectivity index (χ1v) is 6.78. The molecule has 2 atom stereocenters. The van der Waals surface area contributed by atoms with Gasteiger partial charge in [-0.05, 0) is 18.6 Å². The molecule has 0 amide bonds. The summed E-state index contributed by atoms with van der Waals surface area (Å²) in [5.74, 6) is -0.544. The summed E-state index contributed by atoms with van der Waals surface area (Å²) in [5.41, 5.74) is 0. The zero-order valence-electron chi connectivity index (χ0n) is 9.60. The van der Waals surface area contributed by atoms with Gasteiger partial charge in [0.25, 0.3) is 8.03 Å². The number of carbonyl (C=O) groups excluding carboxylic acids is 1. The monoisotopic (exact) mass is 240 g/mol. The van der Waals surface area contributed by atoms with Gasteiger partial charge in [-0.25, -0.2) is 0 Å². The number of benzene rings is 1. The van der Waals surface area contributed by atoms with Crippen molar-refractivity contribution in [3.8, 4) is 0 Å². The van der Waals surface area contributed by atoms with Crippen molar-refractivity contribution in [2.24, 2.45) is 5.92 Å². The molecule has 16 heavy (non-hydrogen) atoms. The van der Waals surface area contributed by atoms with Crippen molar-refractivity contribution in [2.45, 2.75) is 26.7 Å². The predicted molar refractivity (Wildman–Crippen MR) is 65.2 cm³/mol. The molecule has 3 nitrogen and oxygen atoms in total. The van der Waals surface area contributed by atoms with E-state index in [9.17, 15) is 9.36 Å². The second kappa shape index (κ2) is 6.49. The SMILES string of the molecule is CCCC(C)C(=O)O[PH](=O)c1ccccc1. The first-order chi connectivity index (χ1) is 7.65. The smallest absolute Gasteiger partial charge is 0.313 e. The van der Waals surface area contributed by atoms with Gasteiger partial charge in [0.05, 0.1) is 5.92 Å². The van der Waals surface area contributed by atoms with Crippen molar-refractivity contribution in [2.75, 3.05) is 0 Å². The van der Waals surface area contributed by atoms with Gasteiger partial charge in [-0.2, -0.15) is 0 Å². The normalized spacial score (nSPS) is 14.1. The Morgan fingerprint density at radius 1 is 1.38 bits per heavy atom. The molecule has 0 N–H and O–H groups in total. The highest BCUT2D eigenvalue weighted by molar-refractivity contribution is 7.48. The minimum Gasteiger partial charge on any atom is -0.410 e. The van der Waals surface area contributed by atoms with E-state index >= 15 is 0 Å². The van der Waals surface area contributed by atoms with Gasteiger partial charge < -0.3 is 4.52 Å². The second-order valence-corrected chi connectivity index (χ2v) is 5.12. The Balaban J connectivity index is 2.55. The van der Waals surface area contributed by atoms with E-state index in [2.05, 4.69) is 0 Å².